The summed E-state index contributed by atoms with van der Waals surface area (Å²) in [7, 11) is 0. The van der Waals surface area contributed by atoms with E-state index in [0.717, 1.165) is 19.6 Å². The molecule has 1 aromatic rings. The van der Waals surface area contributed by atoms with Crippen LogP contribution >= 0.6 is 0 Å². The number of hydrogen-bond acceptors (Lipinski definition) is 3. The van der Waals surface area contributed by atoms with E-state index in [1.165, 1.54) is 6.07 Å². The molecule has 0 N–H and O–H groups in total. The zero-order chi connectivity index (χ0) is 11.4. The zero-order valence-electron chi connectivity index (χ0n) is 8.99. The number of hydrogen-bond donors (Lipinski definition) is 0. The van der Waals surface area contributed by atoms with Crippen molar-refractivity contribution in [3.8, 4) is 0 Å². The van der Waals surface area contributed by atoms with Crippen LogP contribution in [0.15, 0.2) is 18.2 Å². The van der Waals surface area contributed by atoms with Gasteiger partial charge in [0.15, 0.2) is 0 Å². The lowest BCUT2D eigenvalue weighted by molar-refractivity contribution is 0.112. The summed E-state index contributed by atoms with van der Waals surface area (Å²) in [5.41, 5.74) is 0.920. The molecule has 4 heteroatoms. The minimum atomic E-state index is -0.341. The monoisotopic (exact) mass is 223 g/mol. The average molecular weight is 223 g/mol. The Morgan fingerprint density at radius 3 is 2.94 bits per heavy atom. The van der Waals surface area contributed by atoms with E-state index < -0.39 is 0 Å². The molecule has 0 unspecified atom stereocenters. The SMILES string of the molecule is O=Cc1ccc(N2CCCOCC2)c(F)c1. The van der Waals surface area contributed by atoms with Gasteiger partial charge in [0.05, 0.1) is 12.3 Å². The third-order valence-electron chi connectivity index (χ3n) is 2.67. The van der Waals surface area contributed by atoms with Crippen molar-refractivity contribution >= 4 is 12.0 Å². The number of carbonyl (C=O) groups excluding carboxylic acids is 1. The number of carbonyl (C=O) groups is 1. The van der Waals surface area contributed by atoms with E-state index in [4.69, 9.17) is 4.74 Å². The van der Waals surface area contributed by atoms with Gasteiger partial charge in [0.25, 0.3) is 0 Å². The van der Waals surface area contributed by atoms with Crippen LogP contribution < -0.4 is 4.90 Å². The lowest BCUT2D eigenvalue weighted by Gasteiger charge is -2.22. The Bertz CT molecular complexity index is 373. The molecule has 1 aliphatic rings. The molecule has 2 rings (SSSR count). The number of anilines is 1. The third kappa shape index (κ3) is 2.39. The number of nitrogens with zero attached hydrogens (tertiary/aromatic N) is 1. The molecule has 0 aromatic heterocycles. The largest absolute Gasteiger partial charge is 0.380 e. The van der Waals surface area contributed by atoms with Crippen molar-refractivity contribution in [1.82, 2.24) is 0 Å². The minimum absolute atomic E-state index is 0.341. The molecule has 0 saturated carbocycles. The van der Waals surface area contributed by atoms with Crippen molar-refractivity contribution < 1.29 is 13.9 Å². The Labute approximate surface area is 93.8 Å². The molecule has 1 fully saturated rings. The highest BCUT2D eigenvalue weighted by Gasteiger charge is 2.13. The topological polar surface area (TPSA) is 29.5 Å². The van der Waals surface area contributed by atoms with Gasteiger partial charge in [-0.1, -0.05) is 0 Å². The number of ether oxygens (including phenoxy) is 1. The highest BCUT2D eigenvalue weighted by atomic mass is 19.1. The first-order valence-electron chi connectivity index (χ1n) is 5.38. The fourth-order valence-electron chi connectivity index (χ4n) is 1.84. The van der Waals surface area contributed by atoms with Crippen LogP contribution in [0.4, 0.5) is 10.1 Å². The quantitative estimate of drug-likeness (QED) is 0.717. The predicted octanol–water partition coefficient (Wildman–Crippen LogP) is 1.86. The average Bonchev–Trinajstić information content (AvgIpc) is 2.57. The summed E-state index contributed by atoms with van der Waals surface area (Å²) < 4.78 is 19.0. The predicted molar refractivity (Wildman–Crippen MR) is 59.4 cm³/mol. The second-order valence-electron chi connectivity index (χ2n) is 3.78. The summed E-state index contributed by atoms with van der Waals surface area (Å²) >= 11 is 0. The number of aldehydes is 1. The van der Waals surface area contributed by atoms with Gasteiger partial charge >= 0.3 is 0 Å². The highest BCUT2D eigenvalue weighted by Crippen LogP contribution is 2.21. The van der Waals surface area contributed by atoms with Crippen molar-refractivity contribution in [2.24, 2.45) is 0 Å². The molecule has 0 aliphatic carbocycles. The van der Waals surface area contributed by atoms with E-state index >= 15 is 0 Å². The van der Waals surface area contributed by atoms with E-state index in [1.54, 1.807) is 12.1 Å². The summed E-state index contributed by atoms with van der Waals surface area (Å²) in [5.74, 6) is -0.341. The van der Waals surface area contributed by atoms with Gasteiger partial charge in [-0.15, -0.1) is 0 Å². The molecular weight excluding hydrogens is 209 g/mol. The van der Waals surface area contributed by atoms with E-state index in [1.807, 2.05) is 4.90 Å². The molecule has 1 heterocycles. The summed E-state index contributed by atoms with van der Waals surface area (Å²) in [4.78, 5) is 12.5. The lowest BCUT2D eigenvalue weighted by atomic mass is 10.2. The van der Waals surface area contributed by atoms with Crippen LogP contribution in [0.5, 0.6) is 0 Å². The van der Waals surface area contributed by atoms with Gasteiger partial charge in [0, 0.05) is 25.3 Å². The van der Waals surface area contributed by atoms with Gasteiger partial charge in [-0.2, -0.15) is 0 Å². The minimum Gasteiger partial charge on any atom is -0.380 e. The van der Waals surface area contributed by atoms with Crippen molar-refractivity contribution in [1.29, 1.82) is 0 Å². The third-order valence-corrected chi connectivity index (χ3v) is 2.67. The fraction of sp³-hybridized carbons (Fsp3) is 0.417. The molecule has 0 amide bonds. The first-order chi connectivity index (χ1) is 7.81. The summed E-state index contributed by atoms with van der Waals surface area (Å²) in [6, 6.07) is 4.57. The maximum Gasteiger partial charge on any atom is 0.150 e. The Morgan fingerprint density at radius 1 is 1.31 bits per heavy atom. The Balaban J connectivity index is 2.21. The Kier molecular flexibility index (Phi) is 3.51. The number of halogens is 1. The molecule has 0 bridgehead atoms. The van der Waals surface area contributed by atoms with Gasteiger partial charge in [0.1, 0.15) is 12.1 Å². The molecular formula is C12H14FNO2. The summed E-state index contributed by atoms with van der Waals surface area (Å²) in [6.07, 6.45) is 1.55. The maximum absolute atomic E-state index is 13.7. The molecule has 1 aliphatic heterocycles. The van der Waals surface area contributed by atoms with Crippen LogP contribution in [0, 0.1) is 5.82 Å². The van der Waals surface area contributed by atoms with Crippen molar-refractivity contribution in [2.45, 2.75) is 6.42 Å². The van der Waals surface area contributed by atoms with Crippen molar-refractivity contribution in [3.63, 3.8) is 0 Å². The van der Waals surface area contributed by atoms with E-state index in [2.05, 4.69) is 0 Å². The van der Waals surface area contributed by atoms with Crippen LogP contribution in [0.3, 0.4) is 0 Å². The first-order valence-corrected chi connectivity index (χ1v) is 5.38. The van der Waals surface area contributed by atoms with Gasteiger partial charge in [-0.05, 0) is 24.6 Å². The summed E-state index contributed by atoms with van der Waals surface area (Å²) in [5, 5.41) is 0. The molecule has 86 valence electrons. The van der Waals surface area contributed by atoms with E-state index in [-0.39, 0.29) is 5.82 Å². The van der Waals surface area contributed by atoms with Gasteiger partial charge in [0.2, 0.25) is 0 Å². The van der Waals surface area contributed by atoms with Gasteiger partial charge in [-0.3, -0.25) is 4.79 Å². The Morgan fingerprint density at radius 2 is 2.19 bits per heavy atom. The zero-order valence-corrected chi connectivity index (χ0v) is 8.99. The molecule has 0 radical (unpaired) electrons. The highest BCUT2D eigenvalue weighted by molar-refractivity contribution is 5.76. The second-order valence-corrected chi connectivity index (χ2v) is 3.78. The fourth-order valence-corrected chi connectivity index (χ4v) is 1.84. The smallest absolute Gasteiger partial charge is 0.150 e. The van der Waals surface area contributed by atoms with E-state index in [0.29, 0.717) is 30.7 Å². The normalized spacial score (nSPS) is 16.9. The van der Waals surface area contributed by atoms with Gasteiger partial charge in [-0.25, -0.2) is 4.39 Å². The van der Waals surface area contributed by atoms with E-state index in [9.17, 15) is 9.18 Å². The van der Waals surface area contributed by atoms with Gasteiger partial charge < -0.3 is 9.64 Å². The molecule has 0 atom stereocenters. The molecule has 0 spiro atoms. The maximum atomic E-state index is 13.7. The second kappa shape index (κ2) is 5.07. The lowest BCUT2D eigenvalue weighted by Crippen LogP contribution is -2.26. The van der Waals surface area contributed by atoms with Crippen LogP contribution in [0.1, 0.15) is 16.8 Å². The molecule has 16 heavy (non-hydrogen) atoms. The number of benzene rings is 1. The molecule has 3 nitrogen and oxygen atoms in total. The first kappa shape index (κ1) is 11.1. The number of rotatable bonds is 2. The van der Waals surface area contributed by atoms with Crippen LogP contribution in [-0.4, -0.2) is 32.6 Å². The van der Waals surface area contributed by atoms with Crippen LogP contribution in [-0.2, 0) is 4.74 Å². The van der Waals surface area contributed by atoms with Crippen LogP contribution in [0.2, 0.25) is 0 Å². The van der Waals surface area contributed by atoms with Crippen LogP contribution in [0.25, 0.3) is 0 Å². The molecule has 1 aromatic carbocycles. The van der Waals surface area contributed by atoms with Crippen molar-refractivity contribution in [2.75, 3.05) is 31.2 Å². The standard InChI is InChI=1S/C12H14FNO2/c13-11-8-10(9-15)2-3-12(11)14-4-1-6-16-7-5-14/h2-3,8-9H,1,4-7H2. The Hall–Kier alpha value is -1.42. The summed E-state index contributed by atoms with van der Waals surface area (Å²) in [6.45, 7) is 2.83. The van der Waals surface area contributed by atoms with Crippen molar-refractivity contribution in [3.05, 3.63) is 29.6 Å². The molecule has 1 saturated heterocycles.